The Balaban J connectivity index is 1.52. The molecule has 1 saturated carbocycles. The van der Waals surface area contributed by atoms with E-state index in [1.165, 1.54) is 57.2 Å². The average Bonchev–Trinajstić information content (AvgIpc) is 3.26. The summed E-state index contributed by atoms with van der Waals surface area (Å²) in [7, 11) is 0. The molecule has 1 aromatic heterocycles. The predicted octanol–water partition coefficient (Wildman–Crippen LogP) is 3.85. The zero-order valence-electron chi connectivity index (χ0n) is 13.7. The summed E-state index contributed by atoms with van der Waals surface area (Å²) >= 11 is 0. The van der Waals surface area contributed by atoms with Crippen molar-refractivity contribution in [2.24, 2.45) is 5.92 Å². The summed E-state index contributed by atoms with van der Waals surface area (Å²) in [6, 6.07) is 3.03. The first-order chi connectivity index (χ1) is 10.2. The number of rotatable bonds is 6. The fraction of sp³-hybridized carbons (Fsp3) is 0.778. The maximum absolute atomic E-state index is 5.98. The van der Waals surface area contributed by atoms with Crippen LogP contribution in [-0.2, 0) is 13.1 Å². The van der Waals surface area contributed by atoms with Crippen molar-refractivity contribution in [1.82, 2.24) is 10.2 Å². The molecule has 2 fully saturated rings. The normalized spacial score (nSPS) is 24.2. The predicted molar refractivity (Wildman–Crippen MR) is 86.2 cm³/mol. The molecule has 0 spiro atoms. The molecule has 3 nitrogen and oxygen atoms in total. The monoisotopic (exact) mass is 290 g/mol. The van der Waals surface area contributed by atoms with Gasteiger partial charge in [-0.1, -0.05) is 13.3 Å². The molecule has 21 heavy (non-hydrogen) atoms. The topological polar surface area (TPSA) is 28.4 Å². The molecule has 0 radical (unpaired) electrons. The molecule has 1 aliphatic heterocycles. The maximum atomic E-state index is 5.98. The number of likely N-dealkylation sites (tertiary alicyclic amines) is 1. The highest BCUT2D eigenvalue weighted by Gasteiger charge is 2.21. The smallest absolute Gasteiger partial charge is 0.118 e. The first kappa shape index (κ1) is 15.1. The summed E-state index contributed by atoms with van der Waals surface area (Å²) in [6.45, 7) is 8.84. The van der Waals surface area contributed by atoms with Crippen molar-refractivity contribution in [3.63, 3.8) is 0 Å². The summed E-state index contributed by atoms with van der Waals surface area (Å²) in [5, 5.41) is 3.58. The van der Waals surface area contributed by atoms with E-state index in [0.717, 1.165) is 36.6 Å². The van der Waals surface area contributed by atoms with E-state index >= 15 is 0 Å². The third-order valence-electron chi connectivity index (χ3n) is 5.13. The van der Waals surface area contributed by atoms with Gasteiger partial charge in [0.15, 0.2) is 0 Å². The van der Waals surface area contributed by atoms with Gasteiger partial charge in [0.2, 0.25) is 0 Å². The molecule has 1 atom stereocenters. The van der Waals surface area contributed by atoms with Crippen LogP contribution in [0.25, 0.3) is 0 Å². The molecule has 3 rings (SSSR count). The van der Waals surface area contributed by atoms with Crippen molar-refractivity contribution in [2.45, 2.75) is 71.5 Å². The molecule has 2 heterocycles. The molecule has 0 bridgehead atoms. The molecule has 0 aromatic carbocycles. The molecular formula is C18H30N2O. The number of hydrogen-bond donors (Lipinski definition) is 1. The Labute approximate surface area is 129 Å². The number of nitrogens with zero attached hydrogens (tertiary/aromatic N) is 1. The van der Waals surface area contributed by atoms with Crippen LogP contribution in [0.3, 0.4) is 0 Å². The van der Waals surface area contributed by atoms with Gasteiger partial charge in [0.1, 0.15) is 11.5 Å². The molecule has 1 aromatic rings. The van der Waals surface area contributed by atoms with Gasteiger partial charge in [0.25, 0.3) is 0 Å². The van der Waals surface area contributed by atoms with E-state index in [1.54, 1.807) is 0 Å². The molecule has 3 heteroatoms. The second-order valence-corrected chi connectivity index (χ2v) is 6.93. The van der Waals surface area contributed by atoms with Crippen molar-refractivity contribution in [3.05, 3.63) is 23.2 Å². The lowest BCUT2D eigenvalue weighted by molar-refractivity contribution is 0.247. The highest BCUT2D eigenvalue weighted by molar-refractivity contribution is 5.21. The third-order valence-corrected chi connectivity index (χ3v) is 5.13. The summed E-state index contributed by atoms with van der Waals surface area (Å²) in [4.78, 5) is 2.58. The number of furan rings is 1. The number of aryl methyl sites for hydroxylation is 1. The molecule has 1 N–H and O–H groups in total. The zero-order valence-corrected chi connectivity index (χ0v) is 13.7. The van der Waals surface area contributed by atoms with Crippen LogP contribution >= 0.6 is 0 Å². The van der Waals surface area contributed by atoms with Crippen LogP contribution < -0.4 is 5.32 Å². The highest BCUT2D eigenvalue weighted by atomic mass is 16.3. The van der Waals surface area contributed by atoms with E-state index in [4.69, 9.17) is 4.42 Å². The minimum Gasteiger partial charge on any atom is -0.465 e. The van der Waals surface area contributed by atoms with E-state index in [-0.39, 0.29) is 0 Å². The van der Waals surface area contributed by atoms with Crippen LogP contribution in [0.4, 0.5) is 0 Å². The Hall–Kier alpha value is -0.800. The Morgan fingerprint density at radius 1 is 1.24 bits per heavy atom. The van der Waals surface area contributed by atoms with Gasteiger partial charge in [-0.2, -0.15) is 0 Å². The van der Waals surface area contributed by atoms with Crippen molar-refractivity contribution in [2.75, 3.05) is 13.1 Å². The van der Waals surface area contributed by atoms with E-state index in [9.17, 15) is 0 Å². The van der Waals surface area contributed by atoms with Crippen LogP contribution in [0.2, 0.25) is 0 Å². The molecular weight excluding hydrogens is 260 g/mol. The zero-order chi connectivity index (χ0) is 14.7. The largest absolute Gasteiger partial charge is 0.465 e. The summed E-state index contributed by atoms with van der Waals surface area (Å²) in [6.07, 6.45) is 8.12. The Bertz CT molecular complexity index is 450. The molecule has 1 saturated heterocycles. The van der Waals surface area contributed by atoms with Crippen molar-refractivity contribution < 1.29 is 4.42 Å². The minimum atomic E-state index is 0.763. The summed E-state index contributed by atoms with van der Waals surface area (Å²) < 4.78 is 5.98. The van der Waals surface area contributed by atoms with Crippen molar-refractivity contribution in [1.29, 1.82) is 0 Å². The fourth-order valence-electron chi connectivity index (χ4n) is 3.39. The van der Waals surface area contributed by atoms with Crippen LogP contribution in [0.1, 0.15) is 62.5 Å². The average molecular weight is 290 g/mol. The van der Waals surface area contributed by atoms with Gasteiger partial charge in [-0.15, -0.1) is 0 Å². The minimum absolute atomic E-state index is 0.763. The number of hydrogen-bond acceptors (Lipinski definition) is 3. The fourth-order valence-corrected chi connectivity index (χ4v) is 3.39. The highest BCUT2D eigenvalue weighted by Crippen LogP contribution is 2.24. The molecule has 1 unspecified atom stereocenters. The third kappa shape index (κ3) is 4.33. The van der Waals surface area contributed by atoms with Gasteiger partial charge in [-0.05, 0) is 64.1 Å². The molecule has 1 aliphatic carbocycles. The quantitative estimate of drug-likeness (QED) is 0.862. The van der Waals surface area contributed by atoms with E-state index in [1.807, 2.05) is 0 Å². The standard InChI is InChI=1S/C18H30N2O/c1-3-15-5-4-9-20(10-8-15)13-18-11-16(14(2)21-18)12-19-17-6-7-17/h11,15,17,19H,3-10,12-13H2,1-2H3. The number of nitrogens with one attached hydrogen (secondary N) is 1. The first-order valence-electron chi connectivity index (χ1n) is 8.78. The van der Waals surface area contributed by atoms with Gasteiger partial charge >= 0.3 is 0 Å². The van der Waals surface area contributed by atoms with E-state index in [2.05, 4.69) is 30.1 Å². The van der Waals surface area contributed by atoms with Gasteiger partial charge in [-0.3, -0.25) is 4.90 Å². The van der Waals surface area contributed by atoms with Crippen LogP contribution in [-0.4, -0.2) is 24.0 Å². The lowest BCUT2D eigenvalue weighted by Gasteiger charge is -2.18. The SMILES string of the molecule is CCC1CCCN(Cc2cc(CNC3CC3)c(C)o2)CC1. The summed E-state index contributed by atoms with van der Waals surface area (Å²) in [5.41, 5.74) is 1.35. The van der Waals surface area contributed by atoms with Gasteiger partial charge in [0.05, 0.1) is 6.54 Å². The Morgan fingerprint density at radius 2 is 2.10 bits per heavy atom. The molecule has 2 aliphatic rings. The van der Waals surface area contributed by atoms with Gasteiger partial charge in [-0.25, -0.2) is 0 Å². The maximum Gasteiger partial charge on any atom is 0.118 e. The van der Waals surface area contributed by atoms with Crippen LogP contribution in [0.15, 0.2) is 10.5 Å². The van der Waals surface area contributed by atoms with Gasteiger partial charge < -0.3 is 9.73 Å². The Kier molecular flexibility index (Phi) is 5.02. The van der Waals surface area contributed by atoms with Crippen molar-refractivity contribution in [3.8, 4) is 0 Å². The first-order valence-corrected chi connectivity index (χ1v) is 8.78. The van der Waals surface area contributed by atoms with Gasteiger partial charge in [0, 0.05) is 18.2 Å². The molecule has 118 valence electrons. The molecule has 0 amide bonds. The Morgan fingerprint density at radius 3 is 2.86 bits per heavy atom. The lowest BCUT2D eigenvalue weighted by Crippen LogP contribution is -2.24. The second kappa shape index (κ2) is 6.97. The lowest BCUT2D eigenvalue weighted by atomic mass is 9.98. The van der Waals surface area contributed by atoms with E-state index < -0.39 is 0 Å². The van der Waals surface area contributed by atoms with Crippen molar-refractivity contribution >= 4 is 0 Å². The van der Waals surface area contributed by atoms with E-state index in [0.29, 0.717) is 0 Å². The van der Waals surface area contributed by atoms with Crippen LogP contribution in [0, 0.1) is 12.8 Å². The van der Waals surface area contributed by atoms with Crippen LogP contribution in [0.5, 0.6) is 0 Å². The summed E-state index contributed by atoms with van der Waals surface area (Å²) in [5.74, 6) is 3.18. The second-order valence-electron chi connectivity index (χ2n) is 6.93.